The van der Waals surface area contributed by atoms with Gasteiger partial charge in [0.2, 0.25) is 11.8 Å². The van der Waals surface area contributed by atoms with Gasteiger partial charge in [-0.05, 0) is 49.9 Å². The Bertz CT molecular complexity index is 729. The molecule has 0 atom stereocenters. The summed E-state index contributed by atoms with van der Waals surface area (Å²) in [6, 6.07) is 15.2. The maximum absolute atomic E-state index is 12.8. The lowest BCUT2D eigenvalue weighted by atomic mass is 9.90. The van der Waals surface area contributed by atoms with Crippen LogP contribution >= 0.6 is 0 Å². The van der Waals surface area contributed by atoms with Gasteiger partial charge in [-0.2, -0.15) is 0 Å². The lowest BCUT2D eigenvalue weighted by Gasteiger charge is -2.24. The van der Waals surface area contributed by atoms with Crippen LogP contribution in [0.25, 0.3) is 0 Å². The molecule has 2 amide bonds. The van der Waals surface area contributed by atoms with E-state index in [9.17, 15) is 9.59 Å². The molecule has 0 fully saturated rings. The van der Waals surface area contributed by atoms with Crippen molar-refractivity contribution in [1.29, 1.82) is 0 Å². The predicted molar refractivity (Wildman–Crippen MR) is 103 cm³/mol. The number of hydrogen-bond donors (Lipinski definition) is 2. The van der Waals surface area contributed by atoms with Crippen molar-refractivity contribution in [2.24, 2.45) is 5.41 Å². The van der Waals surface area contributed by atoms with Crippen LogP contribution < -0.4 is 10.6 Å². The van der Waals surface area contributed by atoms with Gasteiger partial charge in [-0.1, -0.05) is 50.2 Å². The minimum atomic E-state index is -1.19. The zero-order valence-corrected chi connectivity index (χ0v) is 15.3. The summed E-state index contributed by atoms with van der Waals surface area (Å²) in [4.78, 5) is 25.4. The fourth-order valence-corrected chi connectivity index (χ4v) is 2.58. The predicted octanol–water partition coefficient (Wildman–Crippen LogP) is 4.41. The van der Waals surface area contributed by atoms with Crippen LogP contribution in [0.3, 0.4) is 0 Å². The van der Waals surface area contributed by atoms with E-state index < -0.39 is 5.41 Å². The second-order valence-corrected chi connectivity index (χ2v) is 6.56. The Balaban J connectivity index is 2.20. The van der Waals surface area contributed by atoms with Crippen molar-refractivity contribution in [2.75, 3.05) is 10.6 Å². The van der Waals surface area contributed by atoms with Gasteiger partial charge in [-0.25, -0.2) is 0 Å². The second-order valence-electron chi connectivity index (χ2n) is 6.56. The van der Waals surface area contributed by atoms with Gasteiger partial charge in [-0.15, -0.1) is 0 Å². The number of nitrogens with one attached hydrogen (secondary N) is 2. The van der Waals surface area contributed by atoms with Crippen molar-refractivity contribution >= 4 is 23.2 Å². The second kappa shape index (κ2) is 7.97. The first-order valence-corrected chi connectivity index (χ1v) is 8.68. The molecule has 0 heterocycles. The first-order valence-electron chi connectivity index (χ1n) is 8.68. The highest BCUT2D eigenvalue weighted by molar-refractivity contribution is 6.14. The van der Waals surface area contributed by atoms with E-state index in [1.165, 1.54) is 0 Å². The SMILES string of the molecule is CCc1cccc(CC)c1NC(=O)C(C)(C)C(=O)Nc1ccccc1. The third-order valence-corrected chi connectivity index (χ3v) is 4.40. The van der Waals surface area contributed by atoms with Crippen LogP contribution in [-0.4, -0.2) is 11.8 Å². The molecule has 4 heteroatoms. The molecule has 4 nitrogen and oxygen atoms in total. The van der Waals surface area contributed by atoms with Gasteiger partial charge in [0.15, 0.2) is 0 Å². The largest absolute Gasteiger partial charge is 0.325 e. The van der Waals surface area contributed by atoms with Crippen LogP contribution in [0.15, 0.2) is 48.5 Å². The van der Waals surface area contributed by atoms with E-state index in [2.05, 4.69) is 24.5 Å². The van der Waals surface area contributed by atoms with Gasteiger partial charge in [0.05, 0.1) is 0 Å². The Hall–Kier alpha value is -2.62. The number of amides is 2. The molecular weight excluding hydrogens is 312 g/mol. The molecule has 0 saturated heterocycles. The summed E-state index contributed by atoms with van der Waals surface area (Å²) >= 11 is 0. The quantitative estimate of drug-likeness (QED) is 0.766. The van der Waals surface area contributed by atoms with Crippen LogP contribution in [0, 0.1) is 5.41 Å². The van der Waals surface area contributed by atoms with Crippen LogP contribution in [-0.2, 0) is 22.4 Å². The fraction of sp³-hybridized carbons (Fsp3) is 0.333. The highest BCUT2D eigenvalue weighted by atomic mass is 16.2. The number of hydrogen-bond acceptors (Lipinski definition) is 2. The van der Waals surface area contributed by atoms with Gasteiger partial charge < -0.3 is 10.6 Å². The first-order chi connectivity index (χ1) is 11.9. The van der Waals surface area contributed by atoms with Crippen molar-refractivity contribution in [3.8, 4) is 0 Å². The molecule has 2 aromatic carbocycles. The van der Waals surface area contributed by atoms with Crippen LogP contribution in [0.2, 0.25) is 0 Å². The van der Waals surface area contributed by atoms with Crippen LogP contribution in [0.4, 0.5) is 11.4 Å². The van der Waals surface area contributed by atoms with Crippen molar-refractivity contribution in [2.45, 2.75) is 40.5 Å². The van der Waals surface area contributed by atoms with E-state index in [1.807, 2.05) is 36.4 Å². The zero-order valence-electron chi connectivity index (χ0n) is 15.3. The minimum absolute atomic E-state index is 0.309. The molecule has 0 radical (unpaired) electrons. The number of benzene rings is 2. The molecule has 0 aliphatic carbocycles. The van der Waals surface area contributed by atoms with Crippen molar-refractivity contribution in [3.63, 3.8) is 0 Å². The van der Waals surface area contributed by atoms with E-state index >= 15 is 0 Å². The number of rotatable bonds is 6. The van der Waals surface area contributed by atoms with E-state index in [-0.39, 0.29) is 11.8 Å². The van der Waals surface area contributed by atoms with Crippen molar-refractivity contribution in [3.05, 3.63) is 59.7 Å². The summed E-state index contributed by atoms with van der Waals surface area (Å²) in [6.45, 7) is 7.39. The van der Waals surface area contributed by atoms with E-state index in [0.29, 0.717) is 5.69 Å². The molecular formula is C21H26N2O2. The lowest BCUT2D eigenvalue weighted by molar-refractivity contribution is -0.135. The van der Waals surface area contributed by atoms with Crippen LogP contribution in [0.5, 0.6) is 0 Å². The molecule has 0 aromatic heterocycles. The van der Waals surface area contributed by atoms with Gasteiger partial charge in [0, 0.05) is 11.4 Å². The number of para-hydroxylation sites is 2. The monoisotopic (exact) mass is 338 g/mol. The summed E-state index contributed by atoms with van der Waals surface area (Å²) in [5.74, 6) is -0.639. The third-order valence-electron chi connectivity index (χ3n) is 4.40. The number of anilines is 2. The van der Waals surface area contributed by atoms with E-state index in [4.69, 9.17) is 0 Å². The maximum Gasteiger partial charge on any atom is 0.239 e. The molecule has 25 heavy (non-hydrogen) atoms. The van der Waals surface area contributed by atoms with E-state index in [1.54, 1.807) is 26.0 Å². The molecule has 0 bridgehead atoms. The molecule has 0 aliphatic heterocycles. The topological polar surface area (TPSA) is 58.2 Å². The van der Waals surface area contributed by atoms with Gasteiger partial charge in [0.1, 0.15) is 5.41 Å². The number of aryl methyl sites for hydroxylation is 2. The number of carbonyl (C=O) groups excluding carboxylic acids is 2. The van der Waals surface area contributed by atoms with Crippen LogP contribution in [0.1, 0.15) is 38.8 Å². The smallest absolute Gasteiger partial charge is 0.239 e. The standard InChI is InChI=1S/C21H26N2O2/c1-5-15-11-10-12-16(6-2)18(15)23-20(25)21(3,4)19(24)22-17-13-8-7-9-14-17/h7-14H,5-6H2,1-4H3,(H,22,24)(H,23,25). The van der Waals surface area contributed by atoms with E-state index in [0.717, 1.165) is 29.7 Å². The molecule has 2 N–H and O–H groups in total. The van der Waals surface area contributed by atoms with Gasteiger partial charge in [-0.3, -0.25) is 9.59 Å². The minimum Gasteiger partial charge on any atom is -0.325 e. The molecule has 132 valence electrons. The highest BCUT2D eigenvalue weighted by Crippen LogP contribution is 2.26. The molecule has 2 rings (SSSR count). The molecule has 0 aliphatic rings. The summed E-state index contributed by atoms with van der Waals surface area (Å²) < 4.78 is 0. The Morgan fingerprint density at radius 2 is 1.32 bits per heavy atom. The lowest BCUT2D eigenvalue weighted by Crippen LogP contribution is -2.42. The Morgan fingerprint density at radius 3 is 1.84 bits per heavy atom. The summed E-state index contributed by atoms with van der Waals surface area (Å²) in [5.41, 5.74) is 2.47. The fourth-order valence-electron chi connectivity index (χ4n) is 2.58. The molecule has 2 aromatic rings. The maximum atomic E-state index is 12.8. The van der Waals surface area contributed by atoms with Gasteiger partial charge in [0.25, 0.3) is 0 Å². The highest BCUT2D eigenvalue weighted by Gasteiger charge is 2.36. The first kappa shape index (κ1) is 18.7. The Morgan fingerprint density at radius 1 is 0.800 bits per heavy atom. The van der Waals surface area contributed by atoms with Crippen molar-refractivity contribution < 1.29 is 9.59 Å². The van der Waals surface area contributed by atoms with Gasteiger partial charge >= 0.3 is 0 Å². The molecule has 0 unspecified atom stereocenters. The Labute approximate surface area is 149 Å². The zero-order chi connectivity index (χ0) is 18.4. The summed E-state index contributed by atoms with van der Waals surface area (Å²) in [5, 5.41) is 5.79. The average molecular weight is 338 g/mol. The normalized spacial score (nSPS) is 11.0. The molecule has 0 spiro atoms. The summed E-state index contributed by atoms with van der Waals surface area (Å²) in [7, 11) is 0. The third kappa shape index (κ3) is 4.27. The summed E-state index contributed by atoms with van der Waals surface area (Å²) in [6.07, 6.45) is 1.64. The van der Waals surface area contributed by atoms with Crippen molar-refractivity contribution in [1.82, 2.24) is 0 Å². The Kier molecular flexibility index (Phi) is 5.97. The molecule has 0 saturated carbocycles. The average Bonchev–Trinajstić information content (AvgIpc) is 2.62. The number of carbonyl (C=O) groups is 2.